The molecule has 0 bridgehead atoms. The first-order chi connectivity index (χ1) is 12.7. The lowest BCUT2D eigenvalue weighted by Crippen LogP contribution is -2.28. The topological polar surface area (TPSA) is 79.2 Å². The maximum atomic E-state index is 13.8. The number of aromatic hydroxyl groups is 1. The summed E-state index contributed by atoms with van der Waals surface area (Å²) in [5.41, 5.74) is 0.0649. The van der Waals surface area contributed by atoms with E-state index in [1.807, 2.05) is 0 Å². The minimum Gasteiger partial charge on any atom is -0.508 e. The van der Waals surface area contributed by atoms with Gasteiger partial charge in [0.1, 0.15) is 11.6 Å². The highest BCUT2D eigenvalue weighted by Crippen LogP contribution is 2.31. The molecule has 3 aromatic rings. The largest absolute Gasteiger partial charge is 0.508 e. The monoisotopic (exact) mass is 382 g/mol. The number of nitrogens with one attached hydrogen (secondary N) is 2. The molecular weight excluding hydrogens is 368 g/mol. The molecular formula is C17H14F4N4O2. The molecule has 2 aromatic carbocycles. The van der Waals surface area contributed by atoms with Gasteiger partial charge in [-0.3, -0.25) is 0 Å². The van der Waals surface area contributed by atoms with Crippen LogP contribution in [0, 0.1) is 5.82 Å². The molecule has 0 spiro atoms. The van der Waals surface area contributed by atoms with Crippen molar-refractivity contribution in [3.63, 3.8) is 0 Å². The normalized spacial score (nSPS) is 11.6. The van der Waals surface area contributed by atoms with E-state index in [4.69, 9.17) is 0 Å². The Morgan fingerprint density at radius 2 is 2.00 bits per heavy atom. The molecule has 0 aliphatic rings. The molecule has 0 atom stereocenters. The lowest BCUT2D eigenvalue weighted by molar-refractivity contribution is -0.137. The van der Waals surface area contributed by atoms with Crippen LogP contribution in [0.4, 0.5) is 28.0 Å². The predicted octanol–water partition coefficient (Wildman–Crippen LogP) is 3.76. The minimum atomic E-state index is -4.68. The van der Waals surface area contributed by atoms with E-state index < -0.39 is 29.3 Å². The molecule has 1 heterocycles. The summed E-state index contributed by atoms with van der Waals surface area (Å²) >= 11 is 0. The maximum absolute atomic E-state index is 13.8. The number of benzene rings is 2. The van der Waals surface area contributed by atoms with E-state index in [-0.39, 0.29) is 12.3 Å². The van der Waals surface area contributed by atoms with Crippen molar-refractivity contribution in [3.05, 3.63) is 53.6 Å². The van der Waals surface area contributed by atoms with E-state index in [0.717, 1.165) is 6.07 Å². The van der Waals surface area contributed by atoms with Crippen molar-refractivity contribution in [1.82, 2.24) is 14.9 Å². The van der Waals surface area contributed by atoms with Crippen LogP contribution in [0.3, 0.4) is 0 Å². The smallest absolute Gasteiger partial charge is 0.416 e. The molecule has 1 aromatic heterocycles. The Balaban J connectivity index is 1.73. The van der Waals surface area contributed by atoms with Crippen LogP contribution in [0.2, 0.25) is 0 Å². The van der Waals surface area contributed by atoms with E-state index in [1.54, 1.807) is 24.0 Å². The number of carbonyl (C=O) groups is 1. The van der Waals surface area contributed by atoms with Gasteiger partial charge in [0.2, 0.25) is 0 Å². The summed E-state index contributed by atoms with van der Waals surface area (Å²) in [6, 6.07) is 4.01. The Hall–Kier alpha value is -3.30. The fourth-order valence-corrected chi connectivity index (χ4v) is 2.62. The molecule has 10 heteroatoms. The Morgan fingerprint density at radius 3 is 2.67 bits per heavy atom. The third-order valence-corrected chi connectivity index (χ3v) is 3.93. The van der Waals surface area contributed by atoms with Crippen molar-refractivity contribution in [2.24, 2.45) is 7.05 Å². The number of carbonyl (C=O) groups excluding carboxylic acids is 1. The van der Waals surface area contributed by atoms with Crippen molar-refractivity contribution >= 4 is 22.8 Å². The van der Waals surface area contributed by atoms with E-state index in [0.29, 0.717) is 28.7 Å². The third-order valence-electron chi connectivity index (χ3n) is 3.93. The molecule has 6 nitrogen and oxygen atoms in total. The number of alkyl halides is 3. The van der Waals surface area contributed by atoms with Crippen LogP contribution in [0.15, 0.2) is 36.7 Å². The van der Waals surface area contributed by atoms with E-state index in [9.17, 15) is 27.5 Å². The summed E-state index contributed by atoms with van der Waals surface area (Å²) in [4.78, 5) is 16.1. The lowest BCUT2D eigenvalue weighted by Gasteiger charge is -2.12. The number of phenolic OH excluding ortho intramolecular Hbond substituents is 1. The molecule has 0 radical (unpaired) electrons. The van der Waals surface area contributed by atoms with Gasteiger partial charge in [-0.25, -0.2) is 14.2 Å². The number of halogens is 4. The van der Waals surface area contributed by atoms with Crippen molar-refractivity contribution in [2.45, 2.75) is 12.7 Å². The second-order valence-corrected chi connectivity index (χ2v) is 5.79. The predicted molar refractivity (Wildman–Crippen MR) is 89.6 cm³/mol. The zero-order valence-electron chi connectivity index (χ0n) is 13.9. The van der Waals surface area contributed by atoms with Crippen LogP contribution in [0.5, 0.6) is 5.75 Å². The van der Waals surface area contributed by atoms with Crippen molar-refractivity contribution < 1.29 is 27.5 Å². The number of aromatic nitrogens is 2. The minimum absolute atomic E-state index is 0.0629. The van der Waals surface area contributed by atoms with Crippen LogP contribution in [-0.4, -0.2) is 20.7 Å². The molecule has 3 rings (SSSR count). The van der Waals surface area contributed by atoms with Gasteiger partial charge in [-0.05, 0) is 30.3 Å². The van der Waals surface area contributed by atoms with Crippen LogP contribution in [0.25, 0.3) is 11.0 Å². The van der Waals surface area contributed by atoms with Crippen molar-refractivity contribution in [2.75, 3.05) is 5.32 Å². The average molecular weight is 382 g/mol. The first kappa shape index (κ1) is 18.5. The Kier molecular flexibility index (Phi) is 4.64. The van der Waals surface area contributed by atoms with E-state index >= 15 is 0 Å². The molecule has 0 fully saturated rings. The number of nitrogens with zero attached hydrogens (tertiary/aromatic N) is 2. The van der Waals surface area contributed by atoms with Gasteiger partial charge in [0.25, 0.3) is 0 Å². The summed E-state index contributed by atoms with van der Waals surface area (Å²) in [5, 5.41) is 14.6. The van der Waals surface area contributed by atoms with Crippen molar-refractivity contribution in [1.29, 1.82) is 0 Å². The van der Waals surface area contributed by atoms with Crippen molar-refractivity contribution in [3.8, 4) is 5.75 Å². The number of hydrogen-bond acceptors (Lipinski definition) is 3. The quantitative estimate of drug-likeness (QED) is 0.604. The van der Waals surface area contributed by atoms with Gasteiger partial charge >= 0.3 is 12.2 Å². The number of phenols is 1. The molecule has 3 N–H and O–H groups in total. The molecule has 27 heavy (non-hydrogen) atoms. The second-order valence-electron chi connectivity index (χ2n) is 5.79. The molecule has 0 saturated heterocycles. The summed E-state index contributed by atoms with van der Waals surface area (Å²) in [5.74, 6) is -1.27. The highest BCUT2D eigenvalue weighted by atomic mass is 19.4. The number of anilines is 1. The van der Waals surface area contributed by atoms with Gasteiger partial charge < -0.3 is 20.3 Å². The van der Waals surface area contributed by atoms with E-state index in [1.165, 1.54) is 6.07 Å². The number of urea groups is 1. The van der Waals surface area contributed by atoms with Gasteiger partial charge in [-0.2, -0.15) is 13.2 Å². The Bertz CT molecular complexity index is 1010. The fourth-order valence-electron chi connectivity index (χ4n) is 2.62. The fraction of sp³-hybridized carbons (Fsp3) is 0.176. The number of aryl methyl sites for hydroxylation is 1. The number of imidazole rings is 1. The molecule has 142 valence electrons. The standard InChI is InChI=1S/C17H14F4N4O2/c1-25-8-23-13-4-5-14(26)10(15(13)25)7-22-16(27)24-12-3-2-9(6-11(12)18)17(19,20)21/h2-6,8,26H,7H2,1H3,(H2,22,24,27). The Labute approximate surface area is 150 Å². The molecule has 0 unspecified atom stereocenters. The molecule has 0 aliphatic heterocycles. The van der Waals surface area contributed by atoms with Gasteiger partial charge in [-0.1, -0.05) is 0 Å². The maximum Gasteiger partial charge on any atom is 0.416 e. The highest BCUT2D eigenvalue weighted by molar-refractivity contribution is 5.90. The summed E-state index contributed by atoms with van der Waals surface area (Å²) in [7, 11) is 1.72. The molecule has 0 aliphatic carbocycles. The number of fused-ring (bicyclic) bond motifs is 1. The van der Waals surface area contributed by atoms with Crippen LogP contribution < -0.4 is 10.6 Å². The lowest BCUT2D eigenvalue weighted by atomic mass is 10.1. The van der Waals surface area contributed by atoms with E-state index in [2.05, 4.69) is 15.6 Å². The van der Waals surface area contributed by atoms with Gasteiger partial charge in [0, 0.05) is 12.6 Å². The highest BCUT2D eigenvalue weighted by Gasteiger charge is 2.31. The van der Waals surface area contributed by atoms with Gasteiger partial charge in [-0.15, -0.1) is 0 Å². The Morgan fingerprint density at radius 1 is 1.26 bits per heavy atom. The van der Waals surface area contributed by atoms with Gasteiger partial charge in [0.15, 0.2) is 0 Å². The second kappa shape index (κ2) is 6.78. The summed E-state index contributed by atoms with van der Waals surface area (Å²) < 4.78 is 53.1. The first-order valence-corrected chi connectivity index (χ1v) is 7.70. The summed E-state index contributed by atoms with van der Waals surface area (Å²) in [6.45, 7) is -0.100. The SMILES string of the molecule is Cn1cnc2ccc(O)c(CNC(=O)Nc3ccc(C(F)(F)F)cc3F)c21. The number of amides is 2. The number of rotatable bonds is 3. The third kappa shape index (κ3) is 3.78. The van der Waals surface area contributed by atoms with Crippen LogP contribution >= 0.6 is 0 Å². The zero-order valence-corrected chi connectivity index (χ0v) is 13.9. The zero-order chi connectivity index (χ0) is 19.8. The average Bonchev–Trinajstić information content (AvgIpc) is 2.96. The first-order valence-electron chi connectivity index (χ1n) is 7.70. The summed E-state index contributed by atoms with van der Waals surface area (Å²) in [6.07, 6.45) is -3.13. The number of hydrogen-bond donors (Lipinski definition) is 3. The van der Waals surface area contributed by atoms with Crippen LogP contribution in [0.1, 0.15) is 11.1 Å². The van der Waals surface area contributed by atoms with Gasteiger partial charge in [0.05, 0.1) is 35.2 Å². The molecule has 2 amide bonds. The molecule has 0 saturated carbocycles. The van der Waals surface area contributed by atoms with Crippen LogP contribution in [-0.2, 0) is 19.8 Å².